The van der Waals surface area contributed by atoms with E-state index in [9.17, 15) is 9.18 Å². The molecular weight excluding hydrogens is 448 g/mol. The van der Waals surface area contributed by atoms with Crippen molar-refractivity contribution >= 4 is 22.5 Å². The normalized spacial score (nSPS) is 20.8. The quantitative estimate of drug-likeness (QED) is 0.399. The Balaban J connectivity index is 1.45. The minimum Gasteiger partial charge on any atom is -0.335 e. The third kappa shape index (κ3) is 3.89. The van der Waals surface area contributed by atoms with Crippen LogP contribution in [0.5, 0.6) is 0 Å². The van der Waals surface area contributed by atoms with E-state index in [1.807, 2.05) is 26.8 Å². The maximum atomic E-state index is 15.4. The minimum atomic E-state index is -1.06. The van der Waals surface area contributed by atoms with Crippen molar-refractivity contribution in [3.05, 3.63) is 53.1 Å². The number of alkyl halides is 1. The van der Waals surface area contributed by atoms with Crippen molar-refractivity contribution in [3.63, 3.8) is 0 Å². The summed E-state index contributed by atoms with van der Waals surface area (Å²) in [5, 5.41) is 5.78. The van der Waals surface area contributed by atoms with Crippen molar-refractivity contribution in [1.29, 1.82) is 0 Å². The Hall–Kier alpha value is -3.29. The van der Waals surface area contributed by atoms with E-state index < -0.39 is 12.0 Å². The molecule has 0 radical (unpaired) electrons. The molecule has 4 aromatic heterocycles. The Bertz CT molecular complexity index is 1460. The Kier molecular flexibility index (Phi) is 5.16. The highest BCUT2D eigenvalue weighted by Gasteiger charge is 2.30. The topological polar surface area (TPSA) is 55.4 Å². The predicted molar refractivity (Wildman–Crippen MR) is 131 cm³/mol. The van der Waals surface area contributed by atoms with Gasteiger partial charge in [-0.1, -0.05) is 6.92 Å². The van der Waals surface area contributed by atoms with Crippen LogP contribution in [0.4, 0.5) is 8.78 Å². The van der Waals surface area contributed by atoms with Gasteiger partial charge in [-0.3, -0.25) is 4.79 Å². The molecule has 35 heavy (non-hydrogen) atoms. The zero-order valence-corrected chi connectivity index (χ0v) is 20.3. The molecule has 1 aliphatic heterocycles. The van der Waals surface area contributed by atoms with Gasteiger partial charge in [0.1, 0.15) is 28.8 Å². The molecule has 4 aromatic rings. The molecule has 1 amide bonds. The Morgan fingerprint density at radius 3 is 2.71 bits per heavy atom. The number of fused-ring (bicyclic) bond motifs is 2. The zero-order valence-electron chi connectivity index (χ0n) is 20.3. The van der Waals surface area contributed by atoms with E-state index in [1.54, 1.807) is 6.20 Å². The van der Waals surface area contributed by atoms with E-state index in [0.717, 1.165) is 29.0 Å². The summed E-state index contributed by atoms with van der Waals surface area (Å²) >= 11 is 0. The second-order valence-electron chi connectivity index (χ2n) is 10.4. The molecule has 1 saturated heterocycles. The van der Waals surface area contributed by atoms with Crippen LogP contribution in [0.25, 0.3) is 27.9 Å². The molecule has 0 N–H and O–H groups in total. The highest BCUT2D eigenvalue weighted by atomic mass is 19.1. The Morgan fingerprint density at radius 2 is 1.97 bits per heavy atom. The van der Waals surface area contributed by atoms with E-state index in [1.165, 1.54) is 28.3 Å². The van der Waals surface area contributed by atoms with Gasteiger partial charge in [0.15, 0.2) is 0 Å². The lowest BCUT2D eigenvalue weighted by atomic mass is 9.98. The lowest BCUT2D eigenvalue weighted by molar-refractivity contribution is 0.0554. The number of pyridine rings is 2. The van der Waals surface area contributed by atoms with Crippen molar-refractivity contribution < 1.29 is 13.6 Å². The van der Waals surface area contributed by atoms with E-state index in [2.05, 4.69) is 16.7 Å². The number of carbonyl (C=O) groups excluding carboxylic acids is 1. The van der Waals surface area contributed by atoms with Crippen LogP contribution in [0, 0.1) is 31.5 Å². The van der Waals surface area contributed by atoms with Crippen molar-refractivity contribution in [2.75, 3.05) is 13.1 Å². The largest absolute Gasteiger partial charge is 0.335 e. The molecule has 182 valence electrons. The van der Waals surface area contributed by atoms with E-state index in [-0.39, 0.29) is 23.9 Å². The van der Waals surface area contributed by atoms with Crippen LogP contribution < -0.4 is 0 Å². The summed E-state index contributed by atoms with van der Waals surface area (Å²) in [5.41, 5.74) is 4.69. The molecule has 0 spiro atoms. The first-order chi connectivity index (χ1) is 16.8. The average Bonchev–Trinajstić information content (AvgIpc) is 3.48. The zero-order chi connectivity index (χ0) is 24.4. The van der Waals surface area contributed by atoms with Crippen LogP contribution in [0.1, 0.15) is 47.8 Å². The predicted octanol–water partition coefficient (Wildman–Crippen LogP) is 5.34. The van der Waals surface area contributed by atoms with E-state index in [0.29, 0.717) is 35.7 Å². The SMILES string of the molecule is Cc1ccc2cc(-c3nn4cc(C(=O)N5C[C@H](C)C[C@@H](F)C5)cc(F)c4c3C)n(CC3CC3)c2n1. The number of carbonyl (C=O) groups is 1. The second kappa shape index (κ2) is 8.14. The summed E-state index contributed by atoms with van der Waals surface area (Å²) in [4.78, 5) is 19.4. The number of halogens is 2. The van der Waals surface area contributed by atoms with Crippen molar-refractivity contribution in [1.82, 2.24) is 24.1 Å². The third-order valence-electron chi connectivity index (χ3n) is 7.32. The number of piperidine rings is 1. The molecule has 6 nitrogen and oxygen atoms in total. The van der Waals surface area contributed by atoms with Crippen LogP contribution in [0.2, 0.25) is 0 Å². The highest BCUT2D eigenvalue weighted by molar-refractivity contribution is 5.95. The molecule has 0 aromatic carbocycles. The van der Waals surface area contributed by atoms with Crippen LogP contribution in [-0.2, 0) is 6.54 Å². The van der Waals surface area contributed by atoms with Crippen molar-refractivity contribution in [2.24, 2.45) is 11.8 Å². The molecule has 2 fully saturated rings. The summed E-state index contributed by atoms with van der Waals surface area (Å²) in [6, 6.07) is 7.38. The van der Waals surface area contributed by atoms with E-state index in [4.69, 9.17) is 10.1 Å². The molecule has 0 unspecified atom stereocenters. The fourth-order valence-electron chi connectivity index (χ4n) is 5.42. The molecule has 0 bridgehead atoms. The monoisotopic (exact) mass is 477 g/mol. The maximum Gasteiger partial charge on any atom is 0.255 e. The van der Waals surface area contributed by atoms with Gasteiger partial charge in [-0.05, 0) is 69.2 Å². The van der Waals surface area contributed by atoms with Gasteiger partial charge in [0, 0.05) is 35.9 Å². The summed E-state index contributed by atoms with van der Waals surface area (Å²) in [6.45, 7) is 7.13. The summed E-state index contributed by atoms with van der Waals surface area (Å²) in [7, 11) is 0. The minimum absolute atomic E-state index is 0.0416. The van der Waals surface area contributed by atoms with Gasteiger partial charge < -0.3 is 9.47 Å². The molecule has 2 atom stereocenters. The first-order valence-electron chi connectivity index (χ1n) is 12.4. The third-order valence-corrected chi connectivity index (χ3v) is 7.32. The number of aryl methyl sites for hydroxylation is 2. The fraction of sp³-hybridized carbons (Fsp3) is 0.444. The maximum absolute atomic E-state index is 15.4. The van der Waals surface area contributed by atoms with E-state index >= 15 is 4.39 Å². The number of hydrogen-bond acceptors (Lipinski definition) is 3. The molecular formula is C27H29F2N5O. The number of nitrogens with zero attached hydrogens (tertiary/aromatic N) is 5. The number of aromatic nitrogens is 4. The molecule has 5 heterocycles. The number of rotatable bonds is 4. The van der Waals surface area contributed by atoms with Gasteiger partial charge in [-0.25, -0.2) is 18.3 Å². The molecule has 8 heteroatoms. The molecule has 6 rings (SSSR count). The second-order valence-corrected chi connectivity index (χ2v) is 10.4. The number of likely N-dealkylation sites (tertiary alicyclic amines) is 1. The van der Waals surface area contributed by atoms with Crippen molar-refractivity contribution in [3.8, 4) is 11.4 Å². The van der Waals surface area contributed by atoms with Gasteiger partial charge in [0.25, 0.3) is 5.91 Å². The van der Waals surface area contributed by atoms with Gasteiger partial charge in [-0.15, -0.1) is 0 Å². The van der Waals surface area contributed by atoms with Crippen molar-refractivity contribution in [2.45, 2.75) is 52.8 Å². The average molecular weight is 478 g/mol. The fourth-order valence-corrected chi connectivity index (χ4v) is 5.42. The van der Waals surface area contributed by atoms with Crippen LogP contribution in [0.15, 0.2) is 30.5 Å². The Labute approximate surface area is 202 Å². The molecule has 2 aliphatic rings. The lowest BCUT2D eigenvalue weighted by Gasteiger charge is -2.33. The summed E-state index contributed by atoms with van der Waals surface area (Å²) in [6.07, 6.45) is 3.36. The van der Waals surface area contributed by atoms with Gasteiger partial charge in [0.05, 0.1) is 17.8 Å². The van der Waals surface area contributed by atoms with Gasteiger partial charge >= 0.3 is 0 Å². The molecule has 1 aliphatic carbocycles. The van der Waals surface area contributed by atoms with Crippen LogP contribution >= 0.6 is 0 Å². The first-order valence-corrected chi connectivity index (χ1v) is 12.4. The standard InChI is InChI=1S/C27H29F2N5O/c1-15-8-21(28)14-32(11-15)27(35)20-9-22(29)25-17(3)24(31-34(25)13-20)23-10-19-7-4-16(2)30-26(19)33(23)12-18-5-6-18/h4,7,9-10,13,15,18,21H,5-6,8,11-12,14H2,1-3H3/t15-,21-/m1/s1. The molecule has 1 saturated carbocycles. The van der Waals surface area contributed by atoms with Gasteiger partial charge in [0.2, 0.25) is 0 Å². The number of hydrogen-bond donors (Lipinski definition) is 0. The van der Waals surface area contributed by atoms with Crippen LogP contribution in [0.3, 0.4) is 0 Å². The smallest absolute Gasteiger partial charge is 0.255 e. The van der Waals surface area contributed by atoms with Gasteiger partial charge in [-0.2, -0.15) is 5.10 Å². The highest BCUT2D eigenvalue weighted by Crippen LogP contribution is 2.37. The lowest BCUT2D eigenvalue weighted by Crippen LogP contribution is -2.44. The Morgan fingerprint density at radius 1 is 1.17 bits per heavy atom. The van der Waals surface area contributed by atoms with Crippen LogP contribution in [-0.4, -0.2) is 49.2 Å². The first kappa shape index (κ1) is 22.2. The summed E-state index contributed by atoms with van der Waals surface area (Å²) in [5.74, 6) is -0.179. The number of amides is 1. The summed E-state index contributed by atoms with van der Waals surface area (Å²) < 4.78 is 33.1.